The summed E-state index contributed by atoms with van der Waals surface area (Å²) in [5.41, 5.74) is 0. The van der Waals surface area contributed by atoms with E-state index in [2.05, 4.69) is 14.2 Å². The van der Waals surface area contributed by atoms with Crippen LogP contribution in [0.25, 0.3) is 0 Å². The topological polar surface area (TPSA) is 116 Å². The molecule has 0 aliphatic rings. The molecule has 0 fully saturated rings. The van der Waals surface area contributed by atoms with Crippen molar-refractivity contribution in [3.8, 4) is 0 Å². The minimum atomic E-state index is -4.32. The van der Waals surface area contributed by atoms with Crippen molar-refractivity contribution in [2.24, 2.45) is 0 Å². The van der Waals surface area contributed by atoms with Gasteiger partial charge in [0.1, 0.15) is 26.1 Å². The minimum absolute atomic E-state index is 0.0275. The average Bonchev–Trinajstić information content (AvgIpc) is 3.26. The van der Waals surface area contributed by atoms with Crippen molar-refractivity contribution in [3.05, 3.63) is 22.4 Å². The SMILES string of the molecule is OCCC(O)COCCOCOCC(F)(F)OC(F)(F)COCC(O)COCCc1cccs1. The highest BCUT2D eigenvalue weighted by Gasteiger charge is 2.44. The van der Waals surface area contributed by atoms with E-state index in [4.69, 9.17) is 19.3 Å². The van der Waals surface area contributed by atoms with E-state index in [1.54, 1.807) is 11.3 Å². The third-order valence-corrected chi connectivity index (χ3v) is 4.78. The Morgan fingerprint density at radius 3 is 2.12 bits per heavy atom. The molecule has 1 heterocycles. The number of ether oxygens (including phenoxy) is 6. The predicted octanol–water partition coefficient (Wildman–Crippen LogP) is 1.64. The van der Waals surface area contributed by atoms with Gasteiger partial charge < -0.3 is 39.0 Å². The second-order valence-corrected chi connectivity index (χ2v) is 8.10. The van der Waals surface area contributed by atoms with E-state index in [1.807, 2.05) is 17.5 Å². The average molecular weight is 525 g/mol. The van der Waals surface area contributed by atoms with Gasteiger partial charge in [-0.3, -0.25) is 4.74 Å². The summed E-state index contributed by atoms with van der Waals surface area (Å²) in [6, 6.07) is 3.82. The maximum Gasteiger partial charge on any atom is 0.383 e. The number of thiophene rings is 1. The predicted molar refractivity (Wildman–Crippen MR) is 112 cm³/mol. The van der Waals surface area contributed by atoms with Crippen molar-refractivity contribution in [2.75, 3.05) is 66.3 Å². The molecule has 2 unspecified atom stereocenters. The summed E-state index contributed by atoms with van der Waals surface area (Å²) >= 11 is 1.55. The Morgan fingerprint density at radius 2 is 1.44 bits per heavy atom. The third-order valence-electron chi connectivity index (χ3n) is 3.84. The number of alkyl halides is 4. The molecule has 0 saturated heterocycles. The molecule has 200 valence electrons. The molecule has 1 aromatic rings. The normalized spacial score (nSPS) is 14.4. The maximum absolute atomic E-state index is 13.6. The molecule has 0 bridgehead atoms. The fourth-order valence-corrected chi connectivity index (χ4v) is 3.02. The highest BCUT2D eigenvalue weighted by molar-refractivity contribution is 7.09. The summed E-state index contributed by atoms with van der Waals surface area (Å²) in [7, 11) is 0. The zero-order chi connectivity index (χ0) is 25.3. The molecule has 34 heavy (non-hydrogen) atoms. The number of aliphatic hydroxyl groups is 3. The zero-order valence-corrected chi connectivity index (χ0v) is 19.4. The van der Waals surface area contributed by atoms with Crippen LogP contribution in [0.4, 0.5) is 17.6 Å². The summed E-state index contributed by atoms with van der Waals surface area (Å²) in [5.74, 6) is 0. The van der Waals surface area contributed by atoms with E-state index in [0.29, 0.717) is 13.0 Å². The van der Waals surface area contributed by atoms with E-state index in [-0.39, 0.29) is 39.5 Å². The van der Waals surface area contributed by atoms with Crippen molar-refractivity contribution in [2.45, 2.75) is 37.3 Å². The lowest BCUT2D eigenvalue weighted by Crippen LogP contribution is -2.40. The largest absolute Gasteiger partial charge is 0.396 e. The molecule has 14 heteroatoms. The first-order valence-electron chi connectivity index (χ1n) is 10.5. The van der Waals surface area contributed by atoms with Gasteiger partial charge in [-0.1, -0.05) is 6.07 Å². The third kappa shape index (κ3) is 16.6. The first kappa shape index (κ1) is 31.1. The van der Waals surface area contributed by atoms with Crippen LogP contribution in [-0.2, 0) is 34.8 Å². The Hall–Kier alpha value is -0.940. The molecule has 0 aliphatic carbocycles. The van der Waals surface area contributed by atoms with Gasteiger partial charge in [0.05, 0.1) is 45.7 Å². The van der Waals surface area contributed by atoms with Crippen LogP contribution in [0.5, 0.6) is 0 Å². The van der Waals surface area contributed by atoms with Gasteiger partial charge in [-0.25, -0.2) is 0 Å². The Balaban J connectivity index is 2.07. The van der Waals surface area contributed by atoms with Crippen molar-refractivity contribution >= 4 is 11.3 Å². The van der Waals surface area contributed by atoms with Gasteiger partial charge in [0, 0.05) is 17.9 Å². The lowest BCUT2D eigenvalue weighted by atomic mass is 10.3. The Morgan fingerprint density at radius 1 is 0.824 bits per heavy atom. The highest BCUT2D eigenvalue weighted by atomic mass is 32.1. The standard InChI is InChI=1S/C20H32F4O9S/c21-19(22,13-31-12-17(27)11-28-6-4-18-2-1-9-34-18)33-20(23,24)14-32-15-30-8-7-29-10-16(26)3-5-25/h1-2,9,16-17,25-27H,3-8,10-15H2. The van der Waals surface area contributed by atoms with Gasteiger partial charge in [-0.2, -0.15) is 17.6 Å². The molecule has 0 saturated carbocycles. The second kappa shape index (κ2) is 17.5. The molecule has 1 aromatic heterocycles. The van der Waals surface area contributed by atoms with E-state index < -0.39 is 51.0 Å². The van der Waals surface area contributed by atoms with Crippen molar-refractivity contribution in [1.82, 2.24) is 0 Å². The van der Waals surface area contributed by atoms with Gasteiger partial charge in [-0.05, 0) is 17.9 Å². The van der Waals surface area contributed by atoms with Crippen molar-refractivity contribution in [3.63, 3.8) is 0 Å². The van der Waals surface area contributed by atoms with Crippen LogP contribution in [0.2, 0.25) is 0 Å². The van der Waals surface area contributed by atoms with Crippen LogP contribution in [0, 0.1) is 0 Å². The molecule has 0 amide bonds. The van der Waals surface area contributed by atoms with Crippen LogP contribution in [0.15, 0.2) is 17.5 Å². The molecular weight excluding hydrogens is 492 g/mol. The number of halogens is 4. The Labute approximate surface area is 199 Å². The summed E-state index contributed by atoms with van der Waals surface area (Å²) in [5, 5.41) is 29.5. The van der Waals surface area contributed by atoms with Gasteiger partial charge in [0.2, 0.25) is 0 Å². The van der Waals surface area contributed by atoms with E-state index >= 15 is 0 Å². The summed E-state index contributed by atoms with van der Waals surface area (Å²) in [6.45, 7) is -4.23. The molecule has 2 atom stereocenters. The summed E-state index contributed by atoms with van der Waals surface area (Å²) in [4.78, 5) is 1.10. The number of aliphatic hydroxyl groups excluding tert-OH is 3. The minimum Gasteiger partial charge on any atom is -0.396 e. The highest BCUT2D eigenvalue weighted by Crippen LogP contribution is 2.27. The molecule has 0 spiro atoms. The maximum atomic E-state index is 13.6. The molecule has 0 aliphatic heterocycles. The first-order chi connectivity index (χ1) is 16.1. The van der Waals surface area contributed by atoms with E-state index in [0.717, 1.165) is 4.88 Å². The van der Waals surface area contributed by atoms with Crippen molar-refractivity contribution in [1.29, 1.82) is 0 Å². The van der Waals surface area contributed by atoms with Crippen LogP contribution >= 0.6 is 11.3 Å². The molecule has 9 nitrogen and oxygen atoms in total. The lowest BCUT2D eigenvalue weighted by molar-refractivity contribution is -0.396. The van der Waals surface area contributed by atoms with Crippen LogP contribution < -0.4 is 0 Å². The number of hydrogen-bond acceptors (Lipinski definition) is 10. The van der Waals surface area contributed by atoms with Crippen LogP contribution in [0.3, 0.4) is 0 Å². The van der Waals surface area contributed by atoms with Gasteiger partial charge >= 0.3 is 12.2 Å². The molecule has 0 radical (unpaired) electrons. The first-order valence-corrected chi connectivity index (χ1v) is 11.4. The van der Waals surface area contributed by atoms with Crippen molar-refractivity contribution < 1.29 is 61.3 Å². The Kier molecular flexibility index (Phi) is 16.0. The Bertz CT molecular complexity index is 611. The number of rotatable bonds is 22. The quantitative estimate of drug-likeness (QED) is 0.118. The fourth-order valence-electron chi connectivity index (χ4n) is 2.33. The molecule has 3 N–H and O–H groups in total. The van der Waals surface area contributed by atoms with Crippen LogP contribution in [-0.4, -0.2) is 106 Å². The smallest absolute Gasteiger partial charge is 0.383 e. The summed E-state index contributed by atoms with van der Waals surface area (Å²) in [6.07, 6.45) is -9.88. The molecule has 1 rings (SSSR count). The summed E-state index contributed by atoms with van der Waals surface area (Å²) < 4.78 is 81.8. The molecular formula is C20H32F4O9S. The zero-order valence-electron chi connectivity index (χ0n) is 18.6. The second-order valence-electron chi connectivity index (χ2n) is 7.07. The van der Waals surface area contributed by atoms with Gasteiger partial charge in [0.25, 0.3) is 0 Å². The van der Waals surface area contributed by atoms with Gasteiger partial charge in [-0.15, -0.1) is 11.3 Å². The fraction of sp³-hybridized carbons (Fsp3) is 0.800. The molecule has 0 aromatic carbocycles. The van der Waals surface area contributed by atoms with E-state index in [9.17, 15) is 27.8 Å². The monoisotopic (exact) mass is 524 g/mol. The number of hydrogen-bond donors (Lipinski definition) is 3. The lowest BCUT2D eigenvalue weighted by Gasteiger charge is -2.24. The van der Waals surface area contributed by atoms with Crippen LogP contribution in [0.1, 0.15) is 11.3 Å². The van der Waals surface area contributed by atoms with E-state index in [1.165, 1.54) is 0 Å². The van der Waals surface area contributed by atoms with Gasteiger partial charge in [0.15, 0.2) is 0 Å².